The number of pyridine rings is 1. The van der Waals surface area contributed by atoms with E-state index in [1.54, 1.807) is 0 Å². The Hall–Kier alpha value is -2.90. The standard InChI is InChI=1S/C25H32F2N6/c1-6-20(19-11-22-23(28-13-19)32-17(5)33(22)15(2)3)21-14-30-24(31-16(21)4)29-12-18-7-9-25(26,27)10-8-18/h6,11,13-15,18H,7-10,12H2,1-5H3,(H,29,30,31)/b20-6-. The average molecular weight is 455 g/mol. The van der Waals surface area contributed by atoms with Crippen molar-refractivity contribution in [2.45, 2.75) is 72.3 Å². The molecule has 1 aliphatic carbocycles. The summed E-state index contributed by atoms with van der Waals surface area (Å²) < 4.78 is 28.9. The molecule has 6 nitrogen and oxygen atoms in total. The third-order valence-corrected chi connectivity index (χ3v) is 6.49. The van der Waals surface area contributed by atoms with Crippen LogP contribution >= 0.6 is 0 Å². The Labute approximate surface area is 193 Å². The summed E-state index contributed by atoms with van der Waals surface area (Å²) in [5, 5.41) is 3.24. The molecule has 0 radical (unpaired) electrons. The first-order valence-electron chi connectivity index (χ1n) is 11.7. The number of halogens is 2. The first kappa shape index (κ1) is 23.3. The molecule has 1 fully saturated rings. The Bertz CT molecular complexity index is 1170. The predicted octanol–water partition coefficient (Wildman–Crippen LogP) is 6.11. The van der Waals surface area contributed by atoms with E-state index < -0.39 is 5.92 Å². The molecule has 0 unspecified atom stereocenters. The summed E-state index contributed by atoms with van der Waals surface area (Å²) in [5.41, 5.74) is 5.54. The van der Waals surface area contributed by atoms with E-state index in [1.165, 1.54) is 0 Å². The normalized spacial score (nSPS) is 17.2. The number of rotatable bonds is 6. The van der Waals surface area contributed by atoms with Crippen LogP contribution in [0.5, 0.6) is 0 Å². The summed E-state index contributed by atoms with van der Waals surface area (Å²) in [6, 6.07) is 2.41. The smallest absolute Gasteiger partial charge is 0.248 e. The van der Waals surface area contributed by atoms with Crippen molar-refractivity contribution in [1.29, 1.82) is 0 Å². The lowest BCUT2D eigenvalue weighted by molar-refractivity contribution is -0.0443. The number of anilines is 1. The van der Waals surface area contributed by atoms with Crippen molar-refractivity contribution in [3.63, 3.8) is 0 Å². The molecule has 176 valence electrons. The van der Waals surface area contributed by atoms with E-state index in [2.05, 4.69) is 49.7 Å². The molecule has 0 aromatic carbocycles. The third kappa shape index (κ3) is 4.89. The Morgan fingerprint density at radius 1 is 1.18 bits per heavy atom. The van der Waals surface area contributed by atoms with Crippen LogP contribution < -0.4 is 5.32 Å². The van der Waals surface area contributed by atoms with Gasteiger partial charge in [-0.25, -0.2) is 28.7 Å². The van der Waals surface area contributed by atoms with Crippen LogP contribution in [0.2, 0.25) is 0 Å². The maximum Gasteiger partial charge on any atom is 0.248 e. The van der Waals surface area contributed by atoms with Gasteiger partial charge in [-0.3, -0.25) is 0 Å². The molecule has 8 heteroatoms. The molecule has 3 aromatic heterocycles. The van der Waals surface area contributed by atoms with Gasteiger partial charge in [0.15, 0.2) is 5.65 Å². The van der Waals surface area contributed by atoms with E-state index in [0.29, 0.717) is 25.3 Å². The molecule has 1 N–H and O–H groups in total. The van der Waals surface area contributed by atoms with Crippen molar-refractivity contribution in [2.75, 3.05) is 11.9 Å². The van der Waals surface area contributed by atoms with Crippen LogP contribution in [0.15, 0.2) is 24.5 Å². The number of imidazole rings is 1. The fourth-order valence-corrected chi connectivity index (χ4v) is 4.72. The number of hydrogen-bond donors (Lipinski definition) is 1. The van der Waals surface area contributed by atoms with Gasteiger partial charge in [0.1, 0.15) is 5.82 Å². The Morgan fingerprint density at radius 3 is 2.55 bits per heavy atom. The second-order valence-electron chi connectivity index (χ2n) is 9.26. The minimum Gasteiger partial charge on any atom is -0.354 e. The van der Waals surface area contributed by atoms with E-state index >= 15 is 0 Å². The van der Waals surface area contributed by atoms with Crippen LogP contribution in [0.3, 0.4) is 0 Å². The molecular formula is C25H32F2N6. The van der Waals surface area contributed by atoms with Gasteiger partial charge in [-0.05, 0) is 65.0 Å². The number of aromatic nitrogens is 5. The summed E-state index contributed by atoms with van der Waals surface area (Å²) in [5.74, 6) is -0.793. The molecule has 0 saturated heterocycles. The van der Waals surface area contributed by atoms with Gasteiger partial charge in [-0.15, -0.1) is 0 Å². The van der Waals surface area contributed by atoms with Crippen LogP contribution in [0, 0.1) is 19.8 Å². The summed E-state index contributed by atoms with van der Waals surface area (Å²) >= 11 is 0. The van der Waals surface area contributed by atoms with Gasteiger partial charge in [0.25, 0.3) is 0 Å². The number of alkyl halides is 2. The number of nitrogens with one attached hydrogen (secondary N) is 1. The third-order valence-electron chi connectivity index (χ3n) is 6.49. The molecule has 1 saturated carbocycles. The van der Waals surface area contributed by atoms with Gasteiger partial charge in [0.2, 0.25) is 11.9 Å². The number of nitrogens with zero attached hydrogens (tertiary/aromatic N) is 5. The van der Waals surface area contributed by atoms with Crippen LogP contribution in [0.4, 0.5) is 14.7 Å². The summed E-state index contributed by atoms with van der Waals surface area (Å²) in [4.78, 5) is 18.3. The first-order valence-corrected chi connectivity index (χ1v) is 11.7. The second-order valence-corrected chi connectivity index (χ2v) is 9.26. The lowest BCUT2D eigenvalue weighted by atomic mass is 9.87. The lowest BCUT2D eigenvalue weighted by Crippen LogP contribution is -2.28. The summed E-state index contributed by atoms with van der Waals surface area (Å²) in [7, 11) is 0. The molecular weight excluding hydrogens is 422 g/mol. The van der Waals surface area contributed by atoms with Gasteiger partial charge >= 0.3 is 0 Å². The van der Waals surface area contributed by atoms with Crippen molar-refractivity contribution in [1.82, 2.24) is 24.5 Å². The highest BCUT2D eigenvalue weighted by Crippen LogP contribution is 2.36. The van der Waals surface area contributed by atoms with Gasteiger partial charge < -0.3 is 9.88 Å². The topological polar surface area (TPSA) is 68.5 Å². The zero-order valence-electron chi connectivity index (χ0n) is 20.0. The maximum atomic E-state index is 13.4. The molecule has 3 aromatic rings. The summed E-state index contributed by atoms with van der Waals surface area (Å²) in [6.45, 7) is 10.8. The van der Waals surface area contributed by atoms with Gasteiger partial charge in [-0.1, -0.05) is 6.08 Å². The van der Waals surface area contributed by atoms with Gasteiger partial charge in [0.05, 0.1) is 11.2 Å². The number of fused-ring (bicyclic) bond motifs is 1. The predicted molar refractivity (Wildman–Crippen MR) is 128 cm³/mol. The van der Waals surface area contributed by atoms with Crippen molar-refractivity contribution >= 4 is 22.7 Å². The van der Waals surface area contributed by atoms with E-state index in [9.17, 15) is 8.78 Å². The minimum atomic E-state index is -2.50. The quantitative estimate of drug-likeness (QED) is 0.487. The lowest BCUT2D eigenvalue weighted by Gasteiger charge is -2.28. The van der Waals surface area contributed by atoms with Crippen LogP contribution in [-0.2, 0) is 0 Å². The SMILES string of the molecule is C/C=C(/c1cnc2nc(C)n(C(C)C)c2c1)c1cnc(NCC2CCC(F)(F)CC2)nc1C. The first-order chi connectivity index (χ1) is 15.7. The molecule has 0 spiro atoms. The van der Waals surface area contributed by atoms with Crippen molar-refractivity contribution in [3.05, 3.63) is 47.2 Å². The highest BCUT2D eigenvalue weighted by atomic mass is 19.3. The fraction of sp³-hybridized carbons (Fsp3) is 0.520. The van der Waals surface area contributed by atoms with Gasteiger partial charge in [-0.2, -0.15) is 0 Å². The largest absolute Gasteiger partial charge is 0.354 e. The van der Waals surface area contributed by atoms with E-state index in [1.807, 2.05) is 39.2 Å². The maximum absolute atomic E-state index is 13.4. The molecule has 0 bridgehead atoms. The molecule has 0 amide bonds. The average Bonchev–Trinajstić information content (AvgIpc) is 3.10. The molecule has 1 aliphatic rings. The zero-order chi connectivity index (χ0) is 23.8. The number of aryl methyl sites for hydroxylation is 2. The Morgan fingerprint density at radius 2 is 1.91 bits per heavy atom. The molecule has 3 heterocycles. The van der Waals surface area contributed by atoms with Crippen LogP contribution in [0.1, 0.15) is 75.1 Å². The van der Waals surface area contributed by atoms with Crippen LogP contribution in [0.25, 0.3) is 16.7 Å². The molecule has 0 atom stereocenters. The van der Waals surface area contributed by atoms with Crippen LogP contribution in [-0.4, -0.2) is 37.0 Å². The van der Waals surface area contributed by atoms with E-state index in [-0.39, 0.29) is 24.8 Å². The molecule has 33 heavy (non-hydrogen) atoms. The summed E-state index contributed by atoms with van der Waals surface area (Å²) in [6.07, 6.45) is 6.71. The highest BCUT2D eigenvalue weighted by Gasteiger charge is 2.34. The van der Waals surface area contributed by atoms with E-state index in [0.717, 1.165) is 39.4 Å². The minimum absolute atomic E-state index is 0.0313. The Balaban J connectivity index is 1.54. The highest BCUT2D eigenvalue weighted by molar-refractivity contribution is 5.85. The van der Waals surface area contributed by atoms with E-state index in [4.69, 9.17) is 0 Å². The van der Waals surface area contributed by atoms with Crippen molar-refractivity contribution in [2.24, 2.45) is 5.92 Å². The van der Waals surface area contributed by atoms with Gasteiger partial charge in [0, 0.05) is 48.9 Å². The molecule has 4 rings (SSSR count). The second kappa shape index (κ2) is 9.15. The number of hydrogen-bond acceptors (Lipinski definition) is 5. The van der Waals surface area contributed by atoms with Crippen molar-refractivity contribution in [3.8, 4) is 0 Å². The number of allylic oxidation sites excluding steroid dienone is 1. The Kier molecular flexibility index (Phi) is 6.45. The fourth-order valence-electron chi connectivity index (χ4n) is 4.72. The zero-order valence-corrected chi connectivity index (χ0v) is 20.0. The molecule has 0 aliphatic heterocycles. The van der Waals surface area contributed by atoms with Crippen molar-refractivity contribution < 1.29 is 8.78 Å². The monoisotopic (exact) mass is 454 g/mol.